The second kappa shape index (κ2) is 7.21. The highest BCUT2D eigenvalue weighted by atomic mass is 16.5. The molecule has 1 saturated heterocycles. The molecule has 1 aromatic carbocycles. The molecule has 2 N–H and O–H groups in total. The van der Waals surface area contributed by atoms with Crippen molar-refractivity contribution in [3.05, 3.63) is 29.8 Å². The summed E-state index contributed by atoms with van der Waals surface area (Å²) in [4.78, 5) is 26.0. The first-order chi connectivity index (χ1) is 11.5. The molecular formula is C18H25N3O3. The number of hydrogen-bond donors (Lipinski definition) is 2. The molecule has 0 radical (unpaired) electrons. The van der Waals surface area contributed by atoms with Gasteiger partial charge in [0.25, 0.3) is 0 Å². The first-order valence-electron chi connectivity index (χ1n) is 8.60. The minimum Gasteiger partial charge on any atom is -0.377 e. The topological polar surface area (TPSA) is 70.7 Å². The van der Waals surface area contributed by atoms with E-state index in [1.165, 1.54) is 0 Å². The molecule has 6 heteroatoms. The van der Waals surface area contributed by atoms with Gasteiger partial charge >= 0.3 is 6.03 Å². The highest BCUT2D eigenvalue weighted by Gasteiger charge is 2.29. The number of urea groups is 1. The maximum Gasteiger partial charge on any atom is 0.318 e. The number of hydrogen-bond acceptors (Lipinski definition) is 3. The van der Waals surface area contributed by atoms with Crippen LogP contribution in [0.2, 0.25) is 0 Å². The minimum absolute atomic E-state index is 0.0654. The van der Waals surface area contributed by atoms with Gasteiger partial charge in [0.2, 0.25) is 5.91 Å². The number of anilines is 1. The predicted molar refractivity (Wildman–Crippen MR) is 91.7 cm³/mol. The molecule has 1 heterocycles. The summed E-state index contributed by atoms with van der Waals surface area (Å²) >= 11 is 0. The van der Waals surface area contributed by atoms with E-state index in [-0.39, 0.29) is 29.9 Å². The van der Waals surface area contributed by atoms with Crippen molar-refractivity contribution < 1.29 is 14.3 Å². The lowest BCUT2D eigenvalue weighted by molar-refractivity contribution is -0.117. The molecule has 1 aliphatic carbocycles. The number of ether oxygens (including phenoxy) is 1. The molecule has 6 nitrogen and oxygen atoms in total. The summed E-state index contributed by atoms with van der Waals surface area (Å²) in [5.74, 6) is 0.295. The number of benzene rings is 1. The molecular weight excluding hydrogens is 306 g/mol. The second-order valence-electron chi connectivity index (χ2n) is 6.67. The van der Waals surface area contributed by atoms with Gasteiger partial charge in [-0.3, -0.25) is 4.79 Å². The Balaban J connectivity index is 1.55. The SMILES string of the molecule is C[C@H](NC(=O)N1CCOC[C@H]1C)c1ccc(NC(=O)C2CC2)cc1. The lowest BCUT2D eigenvalue weighted by Crippen LogP contribution is -2.51. The lowest BCUT2D eigenvalue weighted by Gasteiger charge is -2.34. The molecule has 2 fully saturated rings. The summed E-state index contributed by atoms with van der Waals surface area (Å²) in [6.07, 6.45) is 1.99. The molecule has 130 valence electrons. The first kappa shape index (κ1) is 16.8. The van der Waals surface area contributed by atoms with Crippen LogP contribution in [0, 0.1) is 5.92 Å². The van der Waals surface area contributed by atoms with Crippen LogP contribution in [0.25, 0.3) is 0 Å². The number of rotatable bonds is 4. The molecule has 1 aliphatic heterocycles. The van der Waals surface area contributed by atoms with Crippen molar-refractivity contribution >= 4 is 17.6 Å². The summed E-state index contributed by atoms with van der Waals surface area (Å²) < 4.78 is 5.36. The van der Waals surface area contributed by atoms with E-state index in [1.807, 2.05) is 43.0 Å². The van der Waals surface area contributed by atoms with Crippen molar-refractivity contribution in [3.63, 3.8) is 0 Å². The van der Waals surface area contributed by atoms with Crippen LogP contribution in [-0.4, -0.2) is 42.6 Å². The average molecular weight is 331 g/mol. The normalized spacial score (nSPS) is 21.9. The van der Waals surface area contributed by atoms with Crippen molar-refractivity contribution in [2.75, 3.05) is 25.1 Å². The summed E-state index contributed by atoms with van der Waals surface area (Å²) in [6, 6.07) is 7.58. The smallest absolute Gasteiger partial charge is 0.318 e. The third-order valence-electron chi connectivity index (χ3n) is 4.59. The molecule has 0 bridgehead atoms. The number of nitrogens with zero attached hydrogens (tertiary/aromatic N) is 1. The fourth-order valence-corrected chi connectivity index (χ4v) is 2.83. The van der Waals surface area contributed by atoms with E-state index in [2.05, 4.69) is 10.6 Å². The van der Waals surface area contributed by atoms with Crippen LogP contribution in [0.15, 0.2) is 24.3 Å². The molecule has 2 aliphatic rings. The van der Waals surface area contributed by atoms with E-state index in [0.29, 0.717) is 19.8 Å². The Kier molecular flexibility index (Phi) is 5.04. The fourth-order valence-electron chi connectivity index (χ4n) is 2.83. The molecule has 24 heavy (non-hydrogen) atoms. The van der Waals surface area contributed by atoms with E-state index in [9.17, 15) is 9.59 Å². The van der Waals surface area contributed by atoms with Crippen LogP contribution >= 0.6 is 0 Å². The van der Waals surface area contributed by atoms with E-state index in [0.717, 1.165) is 24.1 Å². The van der Waals surface area contributed by atoms with Gasteiger partial charge in [-0.1, -0.05) is 12.1 Å². The lowest BCUT2D eigenvalue weighted by atomic mass is 10.1. The van der Waals surface area contributed by atoms with Crippen LogP contribution in [0.4, 0.5) is 10.5 Å². The van der Waals surface area contributed by atoms with E-state index < -0.39 is 0 Å². The molecule has 0 unspecified atom stereocenters. The van der Waals surface area contributed by atoms with Crippen LogP contribution in [0.1, 0.15) is 38.3 Å². The molecule has 1 saturated carbocycles. The largest absolute Gasteiger partial charge is 0.377 e. The number of carbonyl (C=O) groups excluding carboxylic acids is 2. The Bertz CT molecular complexity index is 598. The molecule has 2 atom stereocenters. The molecule has 3 rings (SSSR count). The van der Waals surface area contributed by atoms with Gasteiger partial charge in [0, 0.05) is 18.2 Å². The number of morpholine rings is 1. The summed E-state index contributed by atoms with van der Waals surface area (Å²) in [5, 5.41) is 5.95. The molecule has 0 spiro atoms. The fraction of sp³-hybridized carbons (Fsp3) is 0.556. The van der Waals surface area contributed by atoms with Gasteiger partial charge in [-0.2, -0.15) is 0 Å². The highest BCUT2D eigenvalue weighted by molar-refractivity contribution is 5.94. The third kappa shape index (κ3) is 4.06. The Morgan fingerprint density at radius 2 is 1.96 bits per heavy atom. The van der Waals surface area contributed by atoms with Crippen LogP contribution < -0.4 is 10.6 Å². The van der Waals surface area contributed by atoms with Crippen LogP contribution in [0.5, 0.6) is 0 Å². The zero-order valence-corrected chi connectivity index (χ0v) is 14.2. The van der Waals surface area contributed by atoms with Crippen molar-refractivity contribution in [2.24, 2.45) is 5.92 Å². The number of nitrogens with one attached hydrogen (secondary N) is 2. The van der Waals surface area contributed by atoms with E-state index in [1.54, 1.807) is 0 Å². The van der Waals surface area contributed by atoms with Crippen LogP contribution in [-0.2, 0) is 9.53 Å². The average Bonchev–Trinajstić information content (AvgIpc) is 3.40. The Hall–Kier alpha value is -2.08. The minimum atomic E-state index is -0.0965. The van der Waals surface area contributed by atoms with Gasteiger partial charge in [0.05, 0.1) is 25.3 Å². The summed E-state index contributed by atoms with van der Waals surface area (Å²) in [7, 11) is 0. The maximum atomic E-state index is 12.4. The van der Waals surface area contributed by atoms with Gasteiger partial charge in [0.15, 0.2) is 0 Å². The maximum absolute atomic E-state index is 12.4. The van der Waals surface area contributed by atoms with Crippen molar-refractivity contribution in [2.45, 2.75) is 38.8 Å². The summed E-state index contributed by atoms with van der Waals surface area (Å²) in [6.45, 7) is 5.73. The molecule has 3 amide bonds. The third-order valence-corrected chi connectivity index (χ3v) is 4.59. The van der Waals surface area contributed by atoms with Gasteiger partial charge in [-0.15, -0.1) is 0 Å². The van der Waals surface area contributed by atoms with E-state index in [4.69, 9.17) is 4.74 Å². The molecule has 0 aromatic heterocycles. The second-order valence-corrected chi connectivity index (χ2v) is 6.67. The van der Waals surface area contributed by atoms with Gasteiger partial charge in [0.1, 0.15) is 0 Å². The zero-order valence-electron chi connectivity index (χ0n) is 14.2. The summed E-state index contributed by atoms with van der Waals surface area (Å²) in [5.41, 5.74) is 1.81. The monoisotopic (exact) mass is 331 g/mol. The van der Waals surface area contributed by atoms with Crippen molar-refractivity contribution in [1.82, 2.24) is 10.2 Å². The van der Waals surface area contributed by atoms with E-state index >= 15 is 0 Å². The van der Waals surface area contributed by atoms with Gasteiger partial charge in [-0.05, 0) is 44.4 Å². The number of amides is 3. The number of carbonyl (C=O) groups is 2. The zero-order chi connectivity index (χ0) is 17.1. The standard InChI is InChI=1S/C18H25N3O3/c1-12-11-24-10-9-21(12)18(23)19-13(2)14-5-7-16(8-6-14)20-17(22)15-3-4-15/h5-8,12-13,15H,3-4,9-11H2,1-2H3,(H,19,23)(H,20,22)/t12-,13+/m1/s1. The van der Waals surface area contributed by atoms with Crippen LogP contribution in [0.3, 0.4) is 0 Å². The van der Waals surface area contributed by atoms with Crippen molar-refractivity contribution in [1.29, 1.82) is 0 Å². The highest BCUT2D eigenvalue weighted by Crippen LogP contribution is 2.30. The molecule has 1 aromatic rings. The Morgan fingerprint density at radius 3 is 2.58 bits per heavy atom. The van der Waals surface area contributed by atoms with Crippen molar-refractivity contribution in [3.8, 4) is 0 Å². The van der Waals surface area contributed by atoms with Gasteiger partial charge < -0.3 is 20.3 Å². The quantitative estimate of drug-likeness (QED) is 0.890. The Labute approximate surface area is 142 Å². The Morgan fingerprint density at radius 1 is 1.25 bits per heavy atom. The van der Waals surface area contributed by atoms with Gasteiger partial charge in [-0.25, -0.2) is 4.79 Å². The predicted octanol–water partition coefficient (Wildman–Crippen LogP) is 2.53. The first-order valence-corrected chi connectivity index (χ1v) is 8.60.